The second kappa shape index (κ2) is 5.47. The Balaban J connectivity index is 4.45. The molecule has 3 heteroatoms. The number of halogens is 1. The Hall–Kier alpha value is 0.400. The molecule has 0 aliphatic carbocycles. The van der Waals surface area contributed by atoms with Gasteiger partial charge in [-0.25, -0.2) is 0 Å². The van der Waals surface area contributed by atoms with Crippen molar-refractivity contribution in [2.45, 2.75) is 45.8 Å². The molecule has 0 aromatic rings. The van der Waals surface area contributed by atoms with E-state index in [1.54, 1.807) is 14.2 Å². The first-order valence-electron chi connectivity index (χ1n) is 4.93. The van der Waals surface area contributed by atoms with E-state index in [4.69, 9.17) is 9.47 Å². The van der Waals surface area contributed by atoms with E-state index in [-0.39, 0.29) is 17.1 Å². The first-order valence-corrected chi connectivity index (χ1v) is 6.05. The van der Waals surface area contributed by atoms with Crippen LogP contribution < -0.4 is 0 Å². The fourth-order valence-electron chi connectivity index (χ4n) is 1.87. The summed E-state index contributed by atoms with van der Waals surface area (Å²) in [6, 6.07) is 0. The summed E-state index contributed by atoms with van der Waals surface area (Å²) in [5, 5.41) is 0.857. The van der Waals surface area contributed by atoms with Gasteiger partial charge in [0.15, 0.2) is 0 Å². The lowest BCUT2D eigenvalue weighted by Gasteiger charge is -2.38. The van der Waals surface area contributed by atoms with Crippen molar-refractivity contribution >= 4 is 15.9 Å². The summed E-state index contributed by atoms with van der Waals surface area (Å²) < 4.78 is 10.9. The van der Waals surface area contributed by atoms with Crippen LogP contribution in [0.25, 0.3) is 0 Å². The fraction of sp³-hybridized carbons (Fsp3) is 1.00. The van der Waals surface area contributed by atoms with Crippen molar-refractivity contribution in [1.29, 1.82) is 0 Å². The minimum Gasteiger partial charge on any atom is -0.380 e. The molecule has 0 unspecified atom stereocenters. The van der Waals surface area contributed by atoms with Crippen molar-refractivity contribution in [2.24, 2.45) is 5.41 Å². The van der Waals surface area contributed by atoms with Gasteiger partial charge >= 0.3 is 0 Å². The molecule has 86 valence electrons. The number of hydrogen-bond acceptors (Lipinski definition) is 2. The molecule has 0 aliphatic rings. The van der Waals surface area contributed by atoms with Crippen molar-refractivity contribution in [3.8, 4) is 0 Å². The quantitative estimate of drug-likeness (QED) is 0.688. The number of methoxy groups -OCH3 is 2. The van der Waals surface area contributed by atoms with Gasteiger partial charge in [0.05, 0.1) is 11.7 Å². The van der Waals surface area contributed by atoms with Crippen LogP contribution in [0.2, 0.25) is 0 Å². The molecule has 0 spiro atoms. The summed E-state index contributed by atoms with van der Waals surface area (Å²) in [6.45, 7) is 8.64. The van der Waals surface area contributed by atoms with E-state index in [1.807, 2.05) is 0 Å². The molecule has 0 radical (unpaired) electrons. The smallest absolute Gasteiger partial charge is 0.0719 e. The lowest BCUT2D eigenvalue weighted by Crippen LogP contribution is -2.39. The maximum atomic E-state index is 5.45. The third kappa shape index (κ3) is 4.28. The highest BCUT2D eigenvalue weighted by Gasteiger charge is 2.35. The molecule has 0 N–H and O–H groups in total. The molecule has 0 rings (SSSR count). The van der Waals surface area contributed by atoms with Gasteiger partial charge in [-0.1, -0.05) is 29.8 Å². The molecule has 0 aromatic carbocycles. The van der Waals surface area contributed by atoms with Gasteiger partial charge in [0.25, 0.3) is 0 Å². The molecular weight excluding hydrogens is 244 g/mol. The van der Waals surface area contributed by atoms with Crippen molar-refractivity contribution in [3.05, 3.63) is 0 Å². The van der Waals surface area contributed by atoms with Crippen LogP contribution in [-0.2, 0) is 9.47 Å². The average Bonchev–Trinajstić information content (AvgIpc) is 2.04. The summed E-state index contributed by atoms with van der Waals surface area (Å²) in [4.78, 5) is 0. The zero-order valence-corrected chi connectivity index (χ0v) is 11.8. The summed E-state index contributed by atoms with van der Waals surface area (Å²) in [5.41, 5.74) is 0.0141. The van der Waals surface area contributed by atoms with E-state index in [0.717, 1.165) is 11.8 Å². The number of alkyl halides is 1. The Morgan fingerprint density at radius 1 is 1.14 bits per heavy atom. The molecular formula is C11H23BrO2. The van der Waals surface area contributed by atoms with Crippen molar-refractivity contribution in [1.82, 2.24) is 0 Å². The van der Waals surface area contributed by atoms with Crippen LogP contribution >= 0.6 is 15.9 Å². The maximum Gasteiger partial charge on any atom is 0.0719 e. The minimum absolute atomic E-state index is 0.0948. The monoisotopic (exact) mass is 266 g/mol. The molecule has 0 bridgehead atoms. The van der Waals surface area contributed by atoms with E-state index >= 15 is 0 Å². The van der Waals surface area contributed by atoms with Crippen molar-refractivity contribution < 1.29 is 9.47 Å². The van der Waals surface area contributed by atoms with Crippen LogP contribution in [-0.4, -0.2) is 31.3 Å². The van der Waals surface area contributed by atoms with E-state index in [1.165, 1.54) is 0 Å². The summed E-state index contributed by atoms with van der Waals surface area (Å²) >= 11 is 3.48. The Morgan fingerprint density at radius 2 is 1.64 bits per heavy atom. The van der Waals surface area contributed by atoms with Crippen LogP contribution in [0.1, 0.15) is 34.1 Å². The molecule has 0 amide bonds. The molecule has 0 saturated heterocycles. The van der Waals surface area contributed by atoms with Gasteiger partial charge in [-0.05, 0) is 25.7 Å². The third-order valence-corrected chi connectivity index (χ3v) is 3.32. The van der Waals surface area contributed by atoms with E-state index < -0.39 is 0 Å². The molecule has 0 saturated carbocycles. The van der Waals surface area contributed by atoms with Gasteiger partial charge in [-0.2, -0.15) is 0 Å². The zero-order valence-electron chi connectivity index (χ0n) is 10.2. The highest BCUT2D eigenvalue weighted by molar-refractivity contribution is 9.09. The molecule has 2 nitrogen and oxygen atoms in total. The van der Waals surface area contributed by atoms with Gasteiger partial charge in [0, 0.05) is 19.5 Å². The van der Waals surface area contributed by atoms with Gasteiger partial charge in [0.2, 0.25) is 0 Å². The van der Waals surface area contributed by atoms with Crippen LogP contribution in [0.4, 0.5) is 0 Å². The van der Waals surface area contributed by atoms with Gasteiger partial charge in [-0.15, -0.1) is 0 Å². The Bertz CT molecular complexity index is 163. The van der Waals surface area contributed by atoms with Crippen LogP contribution in [0, 0.1) is 5.41 Å². The standard InChI is InChI=1S/C11H23BrO2/c1-10(2,9(7-12)13-5)8-11(3,4)14-6/h9H,7-8H2,1-6H3/t9-/m0/s1. The Morgan fingerprint density at radius 3 is 1.93 bits per heavy atom. The first-order chi connectivity index (χ1) is 6.29. The fourth-order valence-corrected chi connectivity index (χ4v) is 3.01. The van der Waals surface area contributed by atoms with E-state index in [0.29, 0.717) is 0 Å². The Kier molecular flexibility index (Phi) is 5.63. The largest absolute Gasteiger partial charge is 0.380 e. The SMILES string of the molecule is CO[C@@H](CBr)C(C)(C)CC(C)(C)OC. The molecule has 0 aromatic heterocycles. The van der Waals surface area contributed by atoms with Crippen molar-refractivity contribution in [2.75, 3.05) is 19.5 Å². The highest BCUT2D eigenvalue weighted by atomic mass is 79.9. The maximum absolute atomic E-state index is 5.45. The van der Waals surface area contributed by atoms with E-state index in [9.17, 15) is 0 Å². The summed E-state index contributed by atoms with van der Waals surface area (Å²) in [5.74, 6) is 0. The zero-order chi connectivity index (χ0) is 11.4. The number of ether oxygens (including phenoxy) is 2. The molecule has 1 atom stereocenters. The molecule has 14 heavy (non-hydrogen) atoms. The van der Waals surface area contributed by atoms with Gasteiger partial charge < -0.3 is 9.47 Å². The topological polar surface area (TPSA) is 18.5 Å². The van der Waals surface area contributed by atoms with Crippen LogP contribution in [0.5, 0.6) is 0 Å². The lowest BCUT2D eigenvalue weighted by molar-refractivity contribution is -0.0556. The first kappa shape index (κ1) is 14.4. The van der Waals surface area contributed by atoms with Gasteiger partial charge in [0.1, 0.15) is 0 Å². The minimum atomic E-state index is -0.0948. The normalized spacial score (nSPS) is 15.6. The second-order valence-corrected chi connectivity index (χ2v) is 5.66. The molecule has 0 fully saturated rings. The third-order valence-electron chi connectivity index (χ3n) is 2.73. The average molecular weight is 267 g/mol. The molecule has 0 aliphatic heterocycles. The van der Waals surface area contributed by atoms with Crippen molar-refractivity contribution in [3.63, 3.8) is 0 Å². The van der Waals surface area contributed by atoms with Crippen LogP contribution in [0.3, 0.4) is 0 Å². The van der Waals surface area contributed by atoms with E-state index in [2.05, 4.69) is 43.6 Å². The summed E-state index contributed by atoms with van der Waals surface area (Å²) in [7, 11) is 3.51. The second-order valence-electron chi connectivity index (χ2n) is 5.01. The summed E-state index contributed by atoms with van der Waals surface area (Å²) in [6.07, 6.45) is 1.19. The predicted molar refractivity (Wildman–Crippen MR) is 64.1 cm³/mol. The van der Waals surface area contributed by atoms with Gasteiger partial charge in [-0.3, -0.25) is 0 Å². The lowest BCUT2D eigenvalue weighted by atomic mass is 9.78. The number of hydrogen-bond donors (Lipinski definition) is 0. The predicted octanol–water partition coefficient (Wildman–Crippen LogP) is 3.24. The molecule has 0 heterocycles. The highest BCUT2D eigenvalue weighted by Crippen LogP contribution is 2.34. The van der Waals surface area contributed by atoms with Crippen LogP contribution in [0.15, 0.2) is 0 Å². The Labute approximate surface area is 96.5 Å². The number of rotatable bonds is 6.